The van der Waals surface area contributed by atoms with Crippen molar-refractivity contribution in [3.8, 4) is 0 Å². The molecule has 0 saturated carbocycles. The number of ether oxygens (including phenoxy) is 5. The van der Waals surface area contributed by atoms with Crippen LogP contribution in [0.5, 0.6) is 0 Å². The summed E-state index contributed by atoms with van der Waals surface area (Å²) in [5, 5.41) is 0. The van der Waals surface area contributed by atoms with Gasteiger partial charge in [0.1, 0.15) is 18.8 Å². The summed E-state index contributed by atoms with van der Waals surface area (Å²) < 4.78 is 30.3. The highest BCUT2D eigenvalue weighted by atomic mass is 16.6. The average molecular weight is 549 g/mol. The van der Waals surface area contributed by atoms with Crippen LogP contribution in [0.1, 0.15) is 49.8 Å². The number of carbonyl (C=O) groups is 2. The molecule has 0 fully saturated rings. The third-order valence-corrected chi connectivity index (χ3v) is 6.28. The summed E-state index contributed by atoms with van der Waals surface area (Å²) in [6, 6.07) is 29.4. The van der Waals surface area contributed by atoms with E-state index < -0.39 is 18.3 Å². The molecule has 0 aromatic heterocycles. The number of hydrogen-bond acceptors (Lipinski definition) is 7. The first-order valence-electron chi connectivity index (χ1n) is 13.9. The molecule has 0 bridgehead atoms. The normalized spacial score (nSPS) is 13.2. The van der Waals surface area contributed by atoms with E-state index in [0.717, 1.165) is 16.7 Å². The van der Waals surface area contributed by atoms with Gasteiger partial charge < -0.3 is 23.7 Å². The van der Waals surface area contributed by atoms with Crippen molar-refractivity contribution < 1.29 is 33.3 Å². The fourth-order valence-corrected chi connectivity index (χ4v) is 4.02. The Morgan fingerprint density at radius 3 is 1.48 bits per heavy atom. The molecule has 3 unspecified atom stereocenters. The highest BCUT2D eigenvalue weighted by Crippen LogP contribution is 2.21. The van der Waals surface area contributed by atoms with Gasteiger partial charge in [0.05, 0.1) is 32.5 Å². The van der Waals surface area contributed by atoms with Gasteiger partial charge >= 0.3 is 11.9 Å². The van der Waals surface area contributed by atoms with Crippen LogP contribution in [0, 0.1) is 0 Å². The third kappa shape index (κ3) is 11.3. The van der Waals surface area contributed by atoms with Gasteiger partial charge in [-0.3, -0.25) is 9.59 Å². The van der Waals surface area contributed by atoms with E-state index in [1.165, 1.54) is 0 Å². The maximum atomic E-state index is 12.1. The van der Waals surface area contributed by atoms with Gasteiger partial charge in [-0.25, -0.2) is 0 Å². The zero-order chi connectivity index (χ0) is 28.4. The van der Waals surface area contributed by atoms with Crippen molar-refractivity contribution >= 4 is 11.9 Å². The van der Waals surface area contributed by atoms with Gasteiger partial charge in [0.2, 0.25) is 0 Å². The Kier molecular flexibility index (Phi) is 13.9. The van der Waals surface area contributed by atoms with E-state index in [4.69, 9.17) is 23.7 Å². The lowest BCUT2D eigenvalue weighted by Gasteiger charge is -2.33. The van der Waals surface area contributed by atoms with Crippen LogP contribution >= 0.6 is 0 Å². The molecule has 40 heavy (non-hydrogen) atoms. The maximum absolute atomic E-state index is 12.1. The minimum absolute atomic E-state index is 0.00108. The Hall–Kier alpha value is -3.52. The summed E-state index contributed by atoms with van der Waals surface area (Å²) in [6.45, 7) is 4.61. The van der Waals surface area contributed by atoms with Crippen molar-refractivity contribution in [2.45, 2.75) is 71.2 Å². The van der Waals surface area contributed by atoms with Crippen LogP contribution in [-0.4, -0.2) is 43.5 Å². The van der Waals surface area contributed by atoms with E-state index in [2.05, 4.69) is 0 Å². The number of hydrogen-bond donors (Lipinski definition) is 0. The largest absolute Gasteiger partial charge is 0.466 e. The fraction of sp³-hybridized carbons (Fsp3) is 0.394. The molecule has 3 atom stereocenters. The van der Waals surface area contributed by atoms with Gasteiger partial charge in [-0.15, -0.1) is 0 Å². The molecule has 3 aromatic rings. The molecule has 0 heterocycles. The second-order valence-corrected chi connectivity index (χ2v) is 9.33. The number of rotatable bonds is 18. The third-order valence-electron chi connectivity index (χ3n) is 6.28. The molecule has 0 radical (unpaired) electrons. The van der Waals surface area contributed by atoms with E-state index in [-0.39, 0.29) is 31.6 Å². The van der Waals surface area contributed by atoms with Crippen molar-refractivity contribution in [2.24, 2.45) is 0 Å². The summed E-state index contributed by atoms with van der Waals surface area (Å²) in [5.74, 6) is -0.605. The minimum atomic E-state index is -0.637. The van der Waals surface area contributed by atoms with E-state index >= 15 is 0 Å². The Balaban J connectivity index is 1.87. The van der Waals surface area contributed by atoms with Crippen LogP contribution in [0.2, 0.25) is 0 Å². The van der Waals surface area contributed by atoms with Crippen LogP contribution in [0.15, 0.2) is 91.0 Å². The second-order valence-electron chi connectivity index (χ2n) is 9.33. The molecule has 7 heteroatoms. The molecular formula is C33H40O7. The molecule has 0 aliphatic heterocycles. The average Bonchev–Trinajstić information content (AvgIpc) is 3.01. The molecule has 0 aliphatic carbocycles. The van der Waals surface area contributed by atoms with E-state index in [1.807, 2.05) is 91.0 Å². The van der Waals surface area contributed by atoms with Gasteiger partial charge in [-0.1, -0.05) is 105 Å². The summed E-state index contributed by atoms with van der Waals surface area (Å²) in [7, 11) is 0. The molecule has 3 rings (SSSR count). The summed E-state index contributed by atoms with van der Waals surface area (Å²) >= 11 is 0. The number of benzene rings is 3. The van der Waals surface area contributed by atoms with Gasteiger partial charge in [-0.2, -0.15) is 0 Å². The summed E-state index contributed by atoms with van der Waals surface area (Å²) in [5.41, 5.74) is 2.97. The standard InChI is InChI=1S/C33H40O7/c1-3-31(34)36-21-20-29(37-22-26-14-8-5-9-15-26)33(40-24-28-18-12-7-13-19-28)30(25-39-32(35)4-2)38-23-27-16-10-6-11-17-27/h5-19,29-30,33H,3-4,20-25H2,1-2H3. The molecule has 0 saturated heterocycles. The lowest BCUT2D eigenvalue weighted by Crippen LogP contribution is -2.46. The van der Waals surface area contributed by atoms with Crippen molar-refractivity contribution in [2.75, 3.05) is 13.2 Å². The number of esters is 2. The smallest absolute Gasteiger partial charge is 0.305 e. The first kappa shape index (κ1) is 31.0. The summed E-state index contributed by atoms with van der Waals surface area (Å²) in [4.78, 5) is 24.0. The minimum Gasteiger partial charge on any atom is -0.466 e. The summed E-state index contributed by atoms with van der Waals surface area (Å²) in [6.07, 6.45) is -0.860. The van der Waals surface area contributed by atoms with Crippen molar-refractivity contribution in [1.29, 1.82) is 0 Å². The van der Waals surface area contributed by atoms with Crippen molar-refractivity contribution in [3.63, 3.8) is 0 Å². The monoisotopic (exact) mass is 548 g/mol. The highest BCUT2D eigenvalue weighted by molar-refractivity contribution is 5.69. The molecular weight excluding hydrogens is 508 g/mol. The molecule has 3 aromatic carbocycles. The molecule has 0 spiro atoms. The zero-order valence-corrected chi connectivity index (χ0v) is 23.4. The molecule has 0 N–H and O–H groups in total. The maximum Gasteiger partial charge on any atom is 0.305 e. The second kappa shape index (κ2) is 17.9. The van der Waals surface area contributed by atoms with Crippen LogP contribution in [0.4, 0.5) is 0 Å². The van der Waals surface area contributed by atoms with Crippen LogP contribution < -0.4 is 0 Å². The van der Waals surface area contributed by atoms with Crippen LogP contribution in [-0.2, 0) is 53.1 Å². The van der Waals surface area contributed by atoms with E-state index in [0.29, 0.717) is 32.7 Å². The lowest BCUT2D eigenvalue weighted by molar-refractivity contribution is -0.178. The number of carbonyl (C=O) groups excluding carboxylic acids is 2. The Bertz CT molecular complexity index is 1110. The predicted octanol–water partition coefficient (Wildman–Crippen LogP) is 6.04. The van der Waals surface area contributed by atoms with Crippen molar-refractivity contribution in [3.05, 3.63) is 108 Å². The lowest BCUT2D eigenvalue weighted by atomic mass is 10.0. The molecule has 7 nitrogen and oxygen atoms in total. The van der Waals surface area contributed by atoms with E-state index in [9.17, 15) is 9.59 Å². The van der Waals surface area contributed by atoms with Crippen molar-refractivity contribution in [1.82, 2.24) is 0 Å². The first-order chi connectivity index (χ1) is 19.6. The Morgan fingerprint density at radius 2 is 1.00 bits per heavy atom. The van der Waals surface area contributed by atoms with Gasteiger partial charge in [-0.05, 0) is 16.7 Å². The Labute approximate surface area is 237 Å². The SMILES string of the molecule is CCC(=O)OCCC(OCc1ccccc1)C(OCc1ccccc1)C(COC(=O)CC)OCc1ccccc1. The van der Waals surface area contributed by atoms with Gasteiger partial charge in [0.25, 0.3) is 0 Å². The molecule has 0 amide bonds. The molecule has 214 valence electrons. The zero-order valence-electron chi connectivity index (χ0n) is 23.4. The molecule has 0 aliphatic rings. The first-order valence-corrected chi connectivity index (χ1v) is 13.9. The topological polar surface area (TPSA) is 80.3 Å². The Morgan fingerprint density at radius 1 is 0.575 bits per heavy atom. The van der Waals surface area contributed by atoms with Gasteiger partial charge in [0.15, 0.2) is 0 Å². The van der Waals surface area contributed by atoms with E-state index in [1.54, 1.807) is 13.8 Å². The quantitative estimate of drug-likeness (QED) is 0.179. The highest BCUT2D eigenvalue weighted by Gasteiger charge is 2.34. The van der Waals surface area contributed by atoms with Gasteiger partial charge in [0, 0.05) is 19.3 Å². The van der Waals surface area contributed by atoms with Crippen LogP contribution in [0.3, 0.4) is 0 Å². The van der Waals surface area contributed by atoms with Crippen LogP contribution in [0.25, 0.3) is 0 Å². The fourth-order valence-electron chi connectivity index (χ4n) is 4.02. The predicted molar refractivity (Wildman–Crippen MR) is 152 cm³/mol.